The second-order valence-corrected chi connectivity index (χ2v) is 6.37. The third-order valence-corrected chi connectivity index (χ3v) is 4.42. The molecule has 0 unspecified atom stereocenters. The fourth-order valence-electron chi connectivity index (χ4n) is 2.18. The van der Waals surface area contributed by atoms with Crippen LogP contribution in [0.4, 0.5) is 15.4 Å². The summed E-state index contributed by atoms with van der Waals surface area (Å²) in [5, 5.41) is 16.3. The minimum absolute atomic E-state index is 0.236. The van der Waals surface area contributed by atoms with Gasteiger partial charge in [0.05, 0.1) is 17.6 Å². The number of nitrogens with zero attached hydrogens (tertiary/aromatic N) is 3. The minimum Gasteiger partial charge on any atom is -0.465 e. The van der Waals surface area contributed by atoms with Crippen molar-refractivity contribution in [3.05, 3.63) is 35.3 Å². The summed E-state index contributed by atoms with van der Waals surface area (Å²) in [6.07, 6.45) is 0.572. The number of carbonyl (C=O) groups is 2. The molecule has 0 bridgehead atoms. The number of carboxylic acid groups (broad SMARTS) is 1. The Labute approximate surface area is 152 Å². The Kier molecular flexibility index (Phi) is 5.23. The molecule has 3 aromatic rings. The molecule has 0 aliphatic rings. The van der Waals surface area contributed by atoms with E-state index in [1.807, 2.05) is 19.1 Å². The first kappa shape index (κ1) is 17.5. The van der Waals surface area contributed by atoms with Crippen LogP contribution in [0.25, 0.3) is 21.7 Å². The molecule has 0 saturated carbocycles. The predicted octanol–water partition coefficient (Wildman–Crippen LogP) is 2.66. The number of anilines is 1. The van der Waals surface area contributed by atoms with E-state index in [4.69, 9.17) is 5.11 Å². The van der Waals surface area contributed by atoms with Crippen molar-refractivity contribution in [2.24, 2.45) is 0 Å². The highest BCUT2D eigenvalue weighted by atomic mass is 32.1. The van der Waals surface area contributed by atoms with Crippen LogP contribution in [0.15, 0.2) is 30.5 Å². The molecule has 3 amide bonds. The van der Waals surface area contributed by atoms with Crippen LogP contribution in [0.5, 0.6) is 0 Å². The third-order valence-electron chi connectivity index (χ3n) is 3.31. The van der Waals surface area contributed by atoms with Crippen LogP contribution in [0, 0.1) is 0 Å². The largest absolute Gasteiger partial charge is 0.465 e. The summed E-state index contributed by atoms with van der Waals surface area (Å²) in [6, 6.07) is 6.75. The quantitative estimate of drug-likeness (QED) is 0.545. The van der Waals surface area contributed by atoms with Gasteiger partial charge in [-0.05, 0) is 31.2 Å². The van der Waals surface area contributed by atoms with E-state index in [0.717, 1.165) is 9.75 Å². The maximum atomic E-state index is 11.6. The molecule has 0 saturated heterocycles. The molecule has 10 heteroatoms. The van der Waals surface area contributed by atoms with Crippen LogP contribution in [0.1, 0.15) is 11.8 Å². The van der Waals surface area contributed by atoms with E-state index >= 15 is 0 Å². The second-order valence-electron chi connectivity index (χ2n) is 5.20. The van der Waals surface area contributed by atoms with E-state index in [1.165, 1.54) is 11.3 Å². The van der Waals surface area contributed by atoms with Gasteiger partial charge in [-0.1, -0.05) is 0 Å². The Morgan fingerprint density at radius 2 is 2.00 bits per heavy atom. The van der Waals surface area contributed by atoms with E-state index in [1.54, 1.807) is 18.3 Å². The van der Waals surface area contributed by atoms with E-state index in [0.29, 0.717) is 29.2 Å². The maximum Gasteiger partial charge on any atom is 0.404 e. The summed E-state index contributed by atoms with van der Waals surface area (Å²) in [4.78, 5) is 37.1. The molecule has 134 valence electrons. The average molecular weight is 372 g/mol. The Morgan fingerprint density at radius 3 is 2.77 bits per heavy atom. The average Bonchev–Trinajstić information content (AvgIpc) is 3.08. The number of urea groups is 1. The number of amides is 3. The fourth-order valence-corrected chi connectivity index (χ4v) is 3.08. The molecule has 3 rings (SSSR count). The lowest BCUT2D eigenvalue weighted by atomic mass is 10.3. The van der Waals surface area contributed by atoms with Gasteiger partial charge in [0.15, 0.2) is 5.65 Å². The molecule has 0 aromatic carbocycles. The van der Waals surface area contributed by atoms with Gasteiger partial charge in [-0.2, -0.15) is 0 Å². The number of hydrogen-bond acceptors (Lipinski definition) is 6. The van der Waals surface area contributed by atoms with Gasteiger partial charge < -0.3 is 15.7 Å². The van der Waals surface area contributed by atoms with Crippen molar-refractivity contribution in [1.29, 1.82) is 0 Å². The Hall–Kier alpha value is -3.27. The SMILES string of the molecule is CCNC(=O)Nc1ccc2ncc(-c3ccc(CNC(=O)O)s3)nc2n1. The number of rotatable bonds is 5. The summed E-state index contributed by atoms with van der Waals surface area (Å²) in [5.74, 6) is 0.382. The van der Waals surface area contributed by atoms with Crippen LogP contribution in [0.3, 0.4) is 0 Å². The molecule has 4 N–H and O–H groups in total. The van der Waals surface area contributed by atoms with Crippen molar-refractivity contribution in [1.82, 2.24) is 25.6 Å². The van der Waals surface area contributed by atoms with E-state index in [9.17, 15) is 9.59 Å². The van der Waals surface area contributed by atoms with E-state index < -0.39 is 6.09 Å². The van der Waals surface area contributed by atoms with E-state index in [-0.39, 0.29) is 12.6 Å². The Balaban J connectivity index is 1.83. The zero-order chi connectivity index (χ0) is 18.5. The lowest BCUT2D eigenvalue weighted by molar-refractivity contribution is 0.194. The second kappa shape index (κ2) is 7.74. The monoisotopic (exact) mass is 372 g/mol. The summed E-state index contributed by atoms with van der Waals surface area (Å²) >= 11 is 1.42. The molecule has 3 aromatic heterocycles. The topological polar surface area (TPSA) is 129 Å². The highest BCUT2D eigenvalue weighted by Crippen LogP contribution is 2.27. The van der Waals surface area contributed by atoms with Gasteiger partial charge in [0, 0.05) is 11.4 Å². The zero-order valence-corrected chi connectivity index (χ0v) is 14.6. The van der Waals surface area contributed by atoms with Gasteiger partial charge in [-0.15, -0.1) is 11.3 Å². The highest BCUT2D eigenvalue weighted by molar-refractivity contribution is 7.15. The molecule has 0 aliphatic carbocycles. The first-order valence-corrected chi connectivity index (χ1v) is 8.61. The minimum atomic E-state index is -1.07. The van der Waals surface area contributed by atoms with Crippen molar-refractivity contribution in [3.8, 4) is 10.6 Å². The summed E-state index contributed by atoms with van der Waals surface area (Å²) in [7, 11) is 0. The van der Waals surface area contributed by atoms with Crippen molar-refractivity contribution in [3.63, 3.8) is 0 Å². The standard InChI is InChI=1S/C16H16N6O3S/c1-2-17-15(23)22-13-6-4-10-14(21-13)20-11(8-18-10)12-5-3-9(26-12)7-19-16(24)25/h3-6,8,19H,2,7H2,1H3,(H,24,25)(H2,17,20,21,22,23). The molecular formula is C16H16N6O3S. The number of aromatic nitrogens is 3. The molecule has 0 radical (unpaired) electrons. The van der Waals surface area contributed by atoms with Gasteiger partial charge >= 0.3 is 12.1 Å². The molecule has 0 spiro atoms. The number of pyridine rings is 1. The van der Waals surface area contributed by atoms with Crippen LogP contribution in [0.2, 0.25) is 0 Å². The fraction of sp³-hybridized carbons (Fsp3) is 0.188. The number of nitrogens with one attached hydrogen (secondary N) is 3. The first-order valence-electron chi connectivity index (χ1n) is 7.79. The lowest BCUT2D eigenvalue weighted by Crippen LogP contribution is -2.28. The number of thiophene rings is 1. The third kappa shape index (κ3) is 4.22. The van der Waals surface area contributed by atoms with Gasteiger partial charge in [0.25, 0.3) is 0 Å². The predicted molar refractivity (Wildman–Crippen MR) is 98.2 cm³/mol. The summed E-state index contributed by atoms with van der Waals surface area (Å²) in [6.45, 7) is 2.58. The Bertz CT molecular complexity index is 958. The van der Waals surface area contributed by atoms with Crippen LogP contribution in [-0.2, 0) is 6.54 Å². The molecule has 9 nitrogen and oxygen atoms in total. The van der Waals surface area contributed by atoms with Gasteiger partial charge in [0.1, 0.15) is 17.0 Å². The molecule has 26 heavy (non-hydrogen) atoms. The summed E-state index contributed by atoms with van der Waals surface area (Å²) < 4.78 is 0. The Morgan fingerprint density at radius 1 is 1.15 bits per heavy atom. The van der Waals surface area contributed by atoms with Crippen LogP contribution in [-0.4, -0.2) is 38.7 Å². The molecular weight excluding hydrogens is 356 g/mol. The van der Waals surface area contributed by atoms with Crippen molar-refractivity contribution < 1.29 is 14.7 Å². The van der Waals surface area contributed by atoms with Gasteiger partial charge in [-0.3, -0.25) is 10.3 Å². The van der Waals surface area contributed by atoms with E-state index in [2.05, 4.69) is 30.9 Å². The number of carbonyl (C=O) groups excluding carboxylic acids is 1. The smallest absolute Gasteiger partial charge is 0.404 e. The lowest BCUT2D eigenvalue weighted by Gasteiger charge is -2.06. The number of fused-ring (bicyclic) bond motifs is 1. The van der Waals surface area contributed by atoms with Gasteiger partial charge in [-0.25, -0.2) is 19.6 Å². The van der Waals surface area contributed by atoms with Crippen LogP contribution < -0.4 is 16.0 Å². The summed E-state index contributed by atoms with van der Waals surface area (Å²) in [5.41, 5.74) is 1.65. The van der Waals surface area contributed by atoms with Gasteiger partial charge in [0.2, 0.25) is 0 Å². The highest BCUT2D eigenvalue weighted by Gasteiger charge is 2.09. The molecule has 0 fully saturated rings. The number of hydrogen-bond donors (Lipinski definition) is 4. The van der Waals surface area contributed by atoms with Crippen molar-refractivity contribution in [2.75, 3.05) is 11.9 Å². The maximum absolute atomic E-state index is 11.6. The van der Waals surface area contributed by atoms with Crippen molar-refractivity contribution in [2.45, 2.75) is 13.5 Å². The first-order chi connectivity index (χ1) is 12.5. The molecule has 3 heterocycles. The zero-order valence-electron chi connectivity index (χ0n) is 13.8. The normalized spacial score (nSPS) is 10.5. The van der Waals surface area contributed by atoms with Crippen molar-refractivity contribution >= 4 is 40.4 Å². The molecule has 0 atom stereocenters. The van der Waals surface area contributed by atoms with Crippen LogP contribution >= 0.6 is 11.3 Å². The molecule has 0 aliphatic heterocycles.